The molecule has 1 N–H and O–H groups in total. The van der Waals surface area contributed by atoms with Gasteiger partial charge in [-0.25, -0.2) is 4.79 Å². The first-order valence-corrected chi connectivity index (χ1v) is 7.00. The largest absolute Gasteiger partial charge is 0.466 e. The number of hydrogen-bond acceptors (Lipinski definition) is 4. The summed E-state index contributed by atoms with van der Waals surface area (Å²) in [6, 6.07) is 7.45. The molecule has 0 aliphatic heterocycles. The van der Waals surface area contributed by atoms with Gasteiger partial charge in [0.05, 0.1) is 13.0 Å². The van der Waals surface area contributed by atoms with Crippen molar-refractivity contribution in [2.24, 2.45) is 0 Å². The van der Waals surface area contributed by atoms with Crippen LogP contribution in [0.4, 0.5) is 4.79 Å². The predicted molar refractivity (Wildman–Crippen MR) is 79.9 cm³/mol. The van der Waals surface area contributed by atoms with Crippen molar-refractivity contribution < 1.29 is 19.1 Å². The van der Waals surface area contributed by atoms with E-state index in [1.54, 1.807) is 6.92 Å². The maximum Gasteiger partial charge on any atom is 0.407 e. The molecule has 0 heterocycles. The van der Waals surface area contributed by atoms with Gasteiger partial charge in [-0.15, -0.1) is 0 Å². The highest BCUT2D eigenvalue weighted by atomic mass is 16.6. The number of carbonyl (C=O) groups excluding carboxylic acids is 2. The van der Waals surface area contributed by atoms with Gasteiger partial charge in [0.2, 0.25) is 0 Å². The van der Waals surface area contributed by atoms with Crippen LogP contribution in [0.15, 0.2) is 24.3 Å². The van der Waals surface area contributed by atoms with Gasteiger partial charge in [0.15, 0.2) is 0 Å². The van der Waals surface area contributed by atoms with Crippen molar-refractivity contribution in [1.82, 2.24) is 5.32 Å². The normalized spacial score (nSPS) is 10.9. The van der Waals surface area contributed by atoms with Gasteiger partial charge in [0.25, 0.3) is 0 Å². The highest BCUT2D eigenvalue weighted by Crippen LogP contribution is 2.09. The molecule has 1 aromatic carbocycles. The van der Waals surface area contributed by atoms with Crippen molar-refractivity contribution in [3.05, 3.63) is 35.4 Å². The number of ether oxygens (including phenoxy) is 2. The summed E-state index contributed by atoms with van der Waals surface area (Å²) in [6.07, 6.45) is -0.230. The smallest absolute Gasteiger partial charge is 0.407 e. The molecule has 0 unspecified atom stereocenters. The van der Waals surface area contributed by atoms with Crippen molar-refractivity contribution in [3.63, 3.8) is 0 Å². The second kappa shape index (κ2) is 7.67. The number of hydrogen-bond donors (Lipinski definition) is 1. The molecular weight excluding hydrogens is 270 g/mol. The fourth-order valence-electron chi connectivity index (χ4n) is 1.72. The average molecular weight is 293 g/mol. The Morgan fingerprint density at radius 2 is 1.86 bits per heavy atom. The molecule has 1 rings (SSSR count). The number of amides is 1. The van der Waals surface area contributed by atoms with Gasteiger partial charge in [-0.3, -0.25) is 4.79 Å². The van der Waals surface area contributed by atoms with Gasteiger partial charge < -0.3 is 14.8 Å². The minimum Gasteiger partial charge on any atom is -0.466 e. The van der Waals surface area contributed by atoms with Crippen LogP contribution in [0.1, 0.15) is 38.8 Å². The molecule has 1 amide bonds. The van der Waals surface area contributed by atoms with Crippen LogP contribution in [0.2, 0.25) is 0 Å². The molecule has 0 radical (unpaired) electrons. The monoisotopic (exact) mass is 293 g/mol. The summed E-state index contributed by atoms with van der Waals surface area (Å²) in [5.41, 5.74) is 1.25. The standard InChI is InChI=1S/C16H23NO4/c1-5-20-14(18)10-12-7-6-8-13(9-12)11-17-15(19)21-16(2,3)4/h6-9H,5,10-11H2,1-4H3,(H,17,19). The summed E-state index contributed by atoms with van der Waals surface area (Å²) in [6.45, 7) is 7.94. The molecule has 0 aliphatic carbocycles. The number of alkyl carbamates (subject to hydrolysis) is 1. The molecule has 0 aliphatic rings. The summed E-state index contributed by atoms with van der Waals surface area (Å²) >= 11 is 0. The minimum atomic E-state index is -0.518. The minimum absolute atomic E-state index is 0.230. The van der Waals surface area contributed by atoms with Gasteiger partial charge in [-0.05, 0) is 38.8 Å². The van der Waals surface area contributed by atoms with Gasteiger partial charge in [-0.1, -0.05) is 24.3 Å². The Morgan fingerprint density at radius 1 is 1.19 bits per heavy atom. The van der Waals surface area contributed by atoms with E-state index in [2.05, 4.69) is 5.32 Å². The van der Waals surface area contributed by atoms with E-state index in [1.165, 1.54) is 0 Å². The zero-order valence-electron chi connectivity index (χ0n) is 13.1. The molecule has 0 saturated heterocycles. The number of rotatable bonds is 5. The highest BCUT2D eigenvalue weighted by Gasteiger charge is 2.15. The van der Waals surface area contributed by atoms with Crippen LogP contribution in [-0.4, -0.2) is 24.3 Å². The summed E-state index contributed by atoms with van der Waals surface area (Å²) < 4.78 is 10.1. The van der Waals surface area contributed by atoms with Crippen molar-refractivity contribution in [3.8, 4) is 0 Å². The molecule has 5 nitrogen and oxygen atoms in total. The van der Waals surface area contributed by atoms with E-state index in [1.807, 2.05) is 45.0 Å². The Balaban J connectivity index is 2.53. The Labute approximate surface area is 125 Å². The first-order valence-electron chi connectivity index (χ1n) is 7.00. The summed E-state index contributed by atoms with van der Waals surface area (Å²) in [5, 5.41) is 2.68. The third-order valence-electron chi connectivity index (χ3n) is 2.48. The Bertz CT molecular complexity index is 491. The average Bonchev–Trinajstić information content (AvgIpc) is 2.35. The van der Waals surface area contributed by atoms with E-state index in [9.17, 15) is 9.59 Å². The summed E-state index contributed by atoms with van der Waals surface area (Å²) in [7, 11) is 0. The molecule has 116 valence electrons. The first kappa shape index (κ1) is 17.0. The van der Waals surface area contributed by atoms with Gasteiger partial charge in [-0.2, -0.15) is 0 Å². The summed E-state index contributed by atoms with van der Waals surface area (Å²) in [5.74, 6) is -0.255. The lowest BCUT2D eigenvalue weighted by molar-refractivity contribution is -0.142. The summed E-state index contributed by atoms with van der Waals surface area (Å²) in [4.78, 5) is 23.0. The molecule has 5 heteroatoms. The molecule has 0 aromatic heterocycles. The van der Waals surface area contributed by atoms with E-state index < -0.39 is 11.7 Å². The zero-order valence-corrected chi connectivity index (χ0v) is 13.1. The van der Waals surface area contributed by atoms with E-state index in [-0.39, 0.29) is 12.4 Å². The van der Waals surface area contributed by atoms with E-state index in [0.29, 0.717) is 13.2 Å². The van der Waals surface area contributed by atoms with E-state index in [4.69, 9.17) is 9.47 Å². The van der Waals surface area contributed by atoms with Crippen LogP contribution >= 0.6 is 0 Å². The fourth-order valence-corrected chi connectivity index (χ4v) is 1.72. The third-order valence-corrected chi connectivity index (χ3v) is 2.48. The highest BCUT2D eigenvalue weighted by molar-refractivity contribution is 5.72. The number of carbonyl (C=O) groups is 2. The predicted octanol–water partition coefficient (Wildman–Crippen LogP) is 2.82. The lowest BCUT2D eigenvalue weighted by Crippen LogP contribution is -2.32. The lowest BCUT2D eigenvalue weighted by atomic mass is 10.1. The fraction of sp³-hybridized carbons (Fsp3) is 0.500. The van der Waals surface area contributed by atoms with Crippen LogP contribution in [0.5, 0.6) is 0 Å². The van der Waals surface area contributed by atoms with Crippen LogP contribution < -0.4 is 5.32 Å². The molecule has 0 bridgehead atoms. The molecule has 0 saturated carbocycles. The van der Waals surface area contributed by atoms with Crippen LogP contribution in [-0.2, 0) is 27.2 Å². The van der Waals surface area contributed by atoms with Crippen molar-refractivity contribution in [1.29, 1.82) is 0 Å². The second-order valence-electron chi connectivity index (χ2n) is 5.66. The van der Waals surface area contributed by atoms with Gasteiger partial charge in [0.1, 0.15) is 5.60 Å². The topological polar surface area (TPSA) is 64.6 Å². The van der Waals surface area contributed by atoms with Gasteiger partial charge >= 0.3 is 12.1 Å². The van der Waals surface area contributed by atoms with Crippen molar-refractivity contribution >= 4 is 12.1 Å². The van der Waals surface area contributed by atoms with E-state index in [0.717, 1.165) is 11.1 Å². The van der Waals surface area contributed by atoms with E-state index >= 15 is 0 Å². The quantitative estimate of drug-likeness (QED) is 0.848. The third kappa shape index (κ3) is 7.34. The molecule has 0 fully saturated rings. The first-order chi connectivity index (χ1) is 9.80. The van der Waals surface area contributed by atoms with Crippen molar-refractivity contribution in [2.45, 2.75) is 46.3 Å². The molecule has 0 atom stereocenters. The molecule has 21 heavy (non-hydrogen) atoms. The molecular formula is C16H23NO4. The van der Waals surface area contributed by atoms with Crippen molar-refractivity contribution in [2.75, 3.05) is 6.61 Å². The van der Waals surface area contributed by atoms with Crippen LogP contribution in [0.25, 0.3) is 0 Å². The van der Waals surface area contributed by atoms with Crippen LogP contribution in [0.3, 0.4) is 0 Å². The Kier molecular flexibility index (Phi) is 6.21. The molecule has 0 spiro atoms. The Morgan fingerprint density at radius 3 is 2.48 bits per heavy atom. The number of benzene rings is 1. The van der Waals surface area contributed by atoms with Gasteiger partial charge in [0, 0.05) is 6.54 Å². The maximum absolute atomic E-state index is 11.6. The Hall–Kier alpha value is -2.04. The number of esters is 1. The molecule has 1 aromatic rings. The zero-order chi connectivity index (χ0) is 15.9. The lowest BCUT2D eigenvalue weighted by Gasteiger charge is -2.19. The maximum atomic E-state index is 11.6. The second-order valence-corrected chi connectivity index (χ2v) is 5.66. The SMILES string of the molecule is CCOC(=O)Cc1cccc(CNC(=O)OC(C)(C)C)c1. The number of nitrogens with one attached hydrogen (secondary N) is 1. The van der Waals surface area contributed by atoms with Crippen LogP contribution in [0, 0.1) is 0 Å².